The molecular formula is C17H30ClNOS. The van der Waals surface area contributed by atoms with Gasteiger partial charge in [0.2, 0.25) is 0 Å². The molecule has 2 rings (SSSR count). The lowest BCUT2D eigenvalue weighted by atomic mass is 9.74. The average Bonchev–Trinajstić information content (AvgIpc) is 3.04. The van der Waals surface area contributed by atoms with Gasteiger partial charge in [0.15, 0.2) is 0 Å². The van der Waals surface area contributed by atoms with E-state index in [1.165, 1.54) is 37.0 Å². The molecule has 4 heteroatoms. The summed E-state index contributed by atoms with van der Waals surface area (Å²) in [6, 6.07) is 4.20. The molecule has 2 nitrogen and oxygen atoms in total. The number of hydrogen-bond acceptors (Lipinski definition) is 3. The maximum absolute atomic E-state index is 11.4. The third-order valence-electron chi connectivity index (χ3n) is 4.93. The molecule has 0 saturated heterocycles. The van der Waals surface area contributed by atoms with E-state index in [1.54, 1.807) is 11.3 Å². The van der Waals surface area contributed by atoms with Crippen LogP contribution in [0.2, 0.25) is 0 Å². The normalized spacial score (nSPS) is 19.2. The first-order valence-corrected chi connectivity index (χ1v) is 9.07. The number of halogens is 1. The zero-order valence-corrected chi connectivity index (χ0v) is 15.0. The molecule has 1 unspecified atom stereocenters. The Morgan fingerprint density at radius 1 is 1.24 bits per heavy atom. The van der Waals surface area contributed by atoms with Crippen molar-refractivity contribution in [2.75, 3.05) is 19.6 Å². The smallest absolute Gasteiger partial charge is 0.103 e. The Kier molecular flexibility index (Phi) is 8.25. The minimum atomic E-state index is -0.600. The summed E-state index contributed by atoms with van der Waals surface area (Å²) >= 11 is 1.72. The van der Waals surface area contributed by atoms with E-state index in [0.717, 1.165) is 26.1 Å². The molecule has 1 fully saturated rings. The van der Waals surface area contributed by atoms with Crippen molar-refractivity contribution in [2.45, 2.75) is 58.0 Å². The molecule has 1 N–H and O–H groups in total. The van der Waals surface area contributed by atoms with Crippen molar-refractivity contribution in [3.05, 3.63) is 22.4 Å². The number of hydrogen-bond donors (Lipinski definition) is 1. The second-order valence-electron chi connectivity index (χ2n) is 6.01. The Labute approximate surface area is 140 Å². The van der Waals surface area contributed by atoms with Crippen molar-refractivity contribution in [1.29, 1.82) is 0 Å². The molecule has 1 heterocycles. The molecule has 0 aromatic carbocycles. The Hall–Kier alpha value is -0.0900. The van der Waals surface area contributed by atoms with Crippen molar-refractivity contribution >= 4 is 23.7 Å². The number of thiophene rings is 1. The fraction of sp³-hybridized carbons (Fsp3) is 0.765. The van der Waals surface area contributed by atoms with Crippen LogP contribution in [0.4, 0.5) is 0 Å². The van der Waals surface area contributed by atoms with Gasteiger partial charge in [-0.15, -0.1) is 23.7 Å². The Morgan fingerprint density at radius 3 is 2.43 bits per heavy atom. The highest BCUT2D eigenvalue weighted by Crippen LogP contribution is 2.43. The SMILES string of the molecule is CCN(CC)CCC(O)(c1cccs1)C1CCCCC1.Cl. The van der Waals surface area contributed by atoms with Crippen LogP contribution in [-0.2, 0) is 5.60 Å². The predicted octanol–water partition coefficient (Wildman–Crippen LogP) is 4.67. The topological polar surface area (TPSA) is 23.5 Å². The molecule has 21 heavy (non-hydrogen) atoms. The highest BCUT2D eigenvalue weighted by atomic mass is 35.5. The van der Waals surface area contributed by atoms with Crippen molar-refractivity contribution < 1.29 is 5.11 Å². The molecule has 0 spiro atoms. The first-order valence-electron chi connectivity index (χ1n) is 8.19. The quantitative estimate of drug-likeness (QED) is 0.784. The Balaban J connectivity index is 0.00000220. The van der Waals surface area contributed by atoms with Gasteiger partial charge in [0.25, 0.3) is 0 Å². The van der Waals surface area contributed by atoms with Gasteiger partial charge in [0, 0.05) is 11.4 Å². The summed E-state index contributed by atoms with van der Waals surface area (Å²) in [6.07, 6.45) is 7.15. The van der Waals surface area contributed by atoms with E-state index in [2.05, 4.69) is 36.3 Å². The molecule has 122 valence electrons. The summed E-state index contributed by atoms with van der Waals surface area (Å²) in [6.45, 7) is 7.55. The fourth-order valence-corrected chi connectivity index (χ4v) is 4.44. The van der Waals surface area contributed by atoms with Gasteiger partial charge in [-0.1, -0.05) is 39.2 Å². The molecule has 1 aromatic heterocycles. The van der Waals surface area contributed by atoms with Crippen LogP contribution in [-0.4, -0.2) is 29.6 Å². The van der Waals surface area contributed by atoms with Gasteiger partial charge in [-0.2, -0.15) is 0 Å². The molecule has 0 bridgehead atoms. The van der Waals surface area contributed by atoms with Crippen LogP contribution < -0.4 is 0 Å². The van der Waals surface area contributed by atoms with Crippen LogP contribution in [0.3, 0.4) is 0 Å². The lowest BCUT2D eigenvalue weighted by Gasteiger charge is -2.39. The van der Waals surface area contributed by atoms with Gasteiger partial charge in [0.05, 0.1) is 0 Å². The van der Waals surface area contributed by atoms with Crippen LogP contribution in [0.1, 0.15) is 57.2 Å². The van der Waals surface area contributed by atoms with E-state index < -0.39 is 5.60 Å². The van der Waals surface area contributed by atoms with Crippen LogP contribution in [0.25, 0.3) is 0 Å². The van der Waals surface area contributed by atoms with Gasteiger partial charge in [0.1, 0.15) is 5.60 Å². The summed E-state index contributed by atoms with van der Waals surface area (Å²) < 4.78 is 0. The molecule has 0 amide bonds. The third kappa shape index (κ3) is 4.69. The molecule has 0 aliphatic heterocycles. The Bertz CT molecular complexity index is 374. The van der Waals surface area contributed by atoms with Crippen molar-refractivity contribution in [3.8, 4) is 0 Å². The second kappa shape index (κ2) is 9.14. The van der Waals surface area contributed by atoms with Crippen LogP contribution >= 0.6 is 23.7 Å². The zero-order valence-electron chi connectivity index (χ0n) is 13.4. The van der Waals surface area contributed by atoms with E-state index in [-0.39, 0.29) is 12.4 Å². The molecule has 0 radical (unpaired) electrons. The molecule has 1 aliphatic carbocycles. The summed E-state index contributed by atoms with van der Waals surface area (Å²) in [5.74, 6) is 0.450. The largest absolute Gasteiger partial charge is 0.384 e. The van der Waals surface area contributed by atoms with E-state index >= 15 is 0 Å². The highest BCUT2D eigenvalue weighted by molar-refractivity contribution is 7.10. The molecule has 1 aliphatic rings. The third-order valence-corrected chi connectivity index (χ3v) is 5.97. The monoisotopic (exact) mass is 331 g/mol. The van der Waals surface area contributed by atoms with Gasteiger partial charge in [-0.05, 0) is 49.7 Å². The van der Waals surface area contributed by atoms with E-state index in [0.29, 0.717) is 5.92 Å². The maximum atomic E-state index is 11.4. The van der Waals surface area contributed by atoms with E-state index in [1.807, 2.05) is 0 Å². The predicted molar refractivity (Wildman–Crippen MR) is 94.4 cm³/mol. The first kappa shape index (κ1) is 19.0. The number of nitrogens with zero attached hydrogens (tertiary/aromatic N) is 1. The van der Waals surface area contributed by atoms with E-state index in [4.69, 9.17) is 0 Å². The van der Waals surface area contributed by atoms with Gasteiger partial charge >= 0.3 is 0 Å². The fourth-order valence-electron chi connectivity index (χ4n) is 3.50. The lowest BCUT2D eigenvalue weighted by Crippen LogP contribution is -2.39. The van der Waals surface area contributed by atoms with Crippen LogP contribution in [0.15, 0.2) is 17.5 Å². The van der Waals surface area contributed by atoms with Crippen LogP contribution in [0.5, 0.6) is 0 Å². The first-order chi connectivity index (χ1) is 9.70. The lowest BCUT2D eigenvalue weighted by molar-refractivity contribution is -0.0486. The minimum absolute atomic E-state index is 0. The Morgan fingerprint density at radius 2 is 1.90 bits per heavy atom. The molecule has 1 atom stereocenters. The average molecular weight is 332 g/mol. The zero-order chi connectivity index (χ0) is 14.4. The summed E-state index contributed by atoms with van der Waals surface area (Å²) in [4.78, 5) is 3.60. The van der Waals surface area contributed by atoms with Gasteiger partial charge in [-0.25, -0.2) is 0 Å². The standard InChI is InChI=1S/C17H29NOS.ClH/c1-3-18(4-2)13-12-17(19,16-11-8-14-20-16)15-9-6-5-7-10-15;/h8,11,14-15,19H,3-7,9-10,12-13H2,1-2H3;1H. The summed E-state index contributed by atoms with van der Waals surface area (Å²) in [5.41, 5.74) is -0.600. The van der Waals surface area contributed by atoms with E-state index in [9.17, 15) is 5.11 Å². The van der Waals surface area contributed by atoms with Crippen molar-refractivity contribution in [3.63, 3.8) is 0 Å². The number of rotatable bonds is 7. The van der Waals surface area contributed by atoms with Gasteiger partial charge < -0.3 is 10.0 Å². The number of aliphatic hydroxyl groups is 1. The summed E-state index contributed by atoms with van der Waals surface area (Å²) in [5, 5.41) is 13.5. The van der Waals surface area contributed by atoms with Gasteiger partial charge in [-0.3, -0.25) is 0 Å². The van der Waals surface area contributed by atoms with Crippen molar-refractivity contribution in [2.24, 2.45) is 5.92 Å². The van der Waals surface area contributed by atoms with Crippen molar-refractivity contribution in [1.82, 2.24) is 4.90 Å². The highest BCUT2D eigenvalue weighted by Gasteiger charge is 2.39. The minimum Gasteiger partial charge on any atom is -0.384 e. The summed E-state index contributed by atoms with van der Waals surface area (Å²) in [7, 11) is 0. The molecule has 1 aromatic rings. The maximum Gasteiger partial charge on any atom is 0.103 e. The molecular weight excluding hydrogens is 302 g/mol. The second-order valence-corrected chi connectivity index (χ2v) is 6.96. The molecule has 1 saturated carbocycles. The van der Waals surface area contributed by atoms with Crippen LogP contribution in [0, 0.1) is 5.92 Å².